The summed E-state index contributed by atoms with van der Waals surface area (Å²) in [5, 5.41) is 2.92. The molecular weight excluding hydrogens is 209 g/mol. The first-order chi connectivity index (χ1) is 6.99. The maximum absolute atomic E-state index is 11.7. The Labute approximate surface area is 88.2 Å². The molecule has 92 valence electrons. The Morgan fingerprint density at radius 1 is 1.33 bits per heavy atom. The van der Waals surface area contributed by atoms with Crippen LogP contribution in [-0.2, 0) is 4.74 Å². The van der Waals surface area contributed by atoms with Gasteiger partial charge in [-0.2, -0.15) is 13.2 Å². The van der Waals surface area contributed by atoms with Crippen LogP contribution >= 0.6 is 0 Å². The molecule has 0 bridgehead atoms. The first-order valence-electron chi connectivity index (χ1n) is 5.00. The molecule has 0 radical (unpaired) electrons. The predicted molar refractivity (Wildman–Crippen MR) is 52.6 cm³/mol. The Bertz CT molecular complexity index is 149. The van der Waals surface area contributed by atoms with Gasteiger partial charge in [0.25, 0.3) is 0 Å². The molecule has 0 heterocycles. The van der Waals surface area contributed by atoms with E-state index in [0.29, 0.717) is 19.6 Å². The average molecular weight is 228 g/mol. The van der Waals surface area contributed by atoms with E-state index in [1.807, 2.05) is 0 Å². The number of hydrogen-bond acceptors (Lipinski definition) is 3. The minimum absolute atomic E-state index is 0.0138. The molecule has 0 aliphatic carbocycles. The van der Waals surface area contributed by atoms with E-state index in [2.05, 4.69) is 5.32 Å². The van der Waals surface area contributed by atoms with Gasteiger partial charge in [-0.3, -0.25) is 0 Å². The Kier molecular flexibility index (Phi) is 7.72. The van der Waals surface area contributed by atoms with E-state index in [4.69, 9.17) is 10.5 Å². The van der Waals surface area contributed by atoms with Crippen molar-refractivity contribution in [2.75, 3.05) is 26.7 Å². The van der Waals surface area contributed by atoms with Crippen LogP contribution in [-0.4, -0.2) is 39.0 Å². The van der Waals surface area contributed by atoms with Crippen molar-refractivity contribution >= 4 is 0 Å². The minimum atomic E-state index is -4.05. The smallest absolute Gasteiger partial charge is 0.380 e. The number of nitrogens with two attached hydrogens (primary N) is 1. The van der Waals surface area contributed by atoms with Gasteiger partial charge in [0.05, 0.1) is 6.10 Å². The summed E-state index contributed by atoms with van der Waals surface area (Å²) in [6.07, 6.45) is -3.96. The van der Waals surface area contributed by atoms with E-state index < -0.39 is 12.6 Å². The molecule has 1 atom stereocenters. The fourth-order valence-electron chi connectivity index (χ4n) is 1.13. The zero-order chi connectivity index (χ0) is 11.7. The average Bonchev–Trinajstić information content (AvgIpc) is 2.15. The second-order valence-corrected chi connectivity index (χ2v) is 3.35. The van der Waals surface area contributed by atoms with Gasteiger partial charge in [0.15, 0.2) is 0 Å². The molecule has 15 heavy (non-hydrogen) atoms. The predicted octanol–water partition coefficient (Wildman–Crippen LogP) is 1.28. The first-order valence-corrected chi connectivity index (χ1v) is 5.00. The van der Waals surface area contributed by atoms with E-state index in [0.717, 1.165) is 6.42 Å². The Morgan fingerprint density at radius 2 is 2.00 bits per heavy atom. The van der Waals surface area contributed by atoms with Gasteiger partial charge in [0, 0.05) is 20.1 Å². The maximum Gasteiger partial charge on any atom is 0.389 e. The number of hydrogen-bond donors (Lipinski definition) is 2. The maximum atomic E-state index is 11.7. The zero-order valence-corrected chi connectivity index (χ0v) is 8.94. The molecule has 0 fully saturated rings. The third-order valence-electron chi connectivity index (χ3n) is 2.05. The molecular formula is C9H19F3N2O. The fourth-order valence-corrected chi connectivity index (χ4v) is 1.13. The monoisotopic (exact) mass is 228 g/mol. The molecule has 0 aromatic rings. The lowest BCUT2D eigenvalue weighted by molar-refractivity contribution is -0.135. The highest BCUT2D eigenvalue weighted by Gasteiger charge is 2.25. The van der Waals surface area contributed by atoms with Crippen molar-refractivity contribution in [3.63, 3.8) is 0 Å². The molecule has 0 rings (SSSR count). The van der Waals surface area contributed by atoms with E-state index in [1.165, 1.54) is 0 Å². The summed E-state index contributed by atoms with van der Waals surface area (Å²) in [5.74, 6) is 0. The molecule has 0 amide bonds. The van der Waals surface area contributed by atoms with E-state index in [-0.39, 0.29) is 12.5 Å². The number of rotatable bonds is 8. The van der Waals surface area contributed by atoms with Crippen LogP contribution in [0.2, 0.25) is 0 Å². The van der Waals surface area contributed by atoms with Crippen LogP contribution < -0.4 is 11.1 Å². The highest BCUT2D eigenvalue weighted by molar-refractivity contribution is 4.60. The molecule has 0 saturated heterocycles. The molecule has 0 aromatic carbocycles. The van der Waals surface area contributed by atoms with Crippen molar-refractivity contribution in [3.05, 3.63) is 0 Å². The van der Waals surface area contributed by atoms with Crippen LogP contribution in [0.4, 0.5) is 13.2 Å². The summed E-state index contributed by atoms with van der Waals surface area (Å²) in [4.78, 5) is 0. The number of methoxy groups -OCH3 is 1. The number of ether oxygens (including phenoxy) is 1. The Morgan fingerprint density at radius 3 is 2.47 bits per heavy atom. The lowest BCUT2D eigenvalue weighted by Crippen LogP contribution is -2.28. The third-order valence-corrected chi connectivity index (χ3v) is 2.05. The molecule has 0 aromatic heterocycles. The lowest BCUT2D eigenvalue weighted by Gasteiger charge is -2.13. The summed E-state index contributed by atoms with van der Waals surface area (Å²) < 4.78 is 40.2. The van der Waals surface area contributed by atoms with E-state index >= 15 is 0 Å². The SMILES string of the molecule is COC(CN)CCNCCCC(F)(F)F. The fraction of sp³-hybridized carbons (Fsp3) is 1.00. The summed E-state index contributed by atoms with van der Waals surface area (Å²) in [6.45, 7) is 1.44. The van der Waals surface area contributed by atoms with Crippen molar-refractivity contribution in [1.82, 2.24) is 5.32 Å². The minimum Gasteiger partial charge on any atom is -0.380 e. The van der Waals surface area contributed by atoms with Gasteiger partial charge >= 0.3 is 6.18 Å². The van der Waals surface area contributed by atoms with E-state index in [1.54, 1.807) is 7.11 Å². The van der Waals surface area contributed by atoms with Gasteiger partial charge in [-0.05, 0) is 25.9 Å². The number of nitrogens with one attached hydrogen (secondary N) is 1. The van der Waals surface area contributed by atoms with Gasteiger partial charge in [0.1, 0.15) is 0 Å². The third kappa shape index (κ3) is 9.96. The largest absolute Gasteiger partial charge is 0.389 e. The first kappa shape index (κ1) is 14.7. The summed E-state index contributed by atoms with van der Waals surface area (Å²) in [5.41, 5.74) is 5.38. The van der Waals surface area contributed by atoms with E-state index in [9.17, 15) is 13.2 Å². The van der Waals surface area contributed by atoms with Crippen molar-refractivity contribution < 1.29 is 17.9 Å². The topological polar surface area (TPSA) is 47.3 Å². The molecule has 6 heteroatoms. The Hall–Kier alpha value is -0.330. The van der Waals surface area contributed by atoms with Crippen molar-refractivity contribution in [3.8, 4) is 0 Å². The highest BCUT2D eigenvalue weighted by atomic mass is 19.4. The molecule has 3 N–H and O–H groups in total. The van der Waals surface area contributed by atoms with Crippen LogP contribution in [0.15, 0.2) is 0 Å². The molecule has 0 saturated carbocycles. The van der Waals surface area contributed by atoms with Gasteiger partial charge in [-0.1, -0.05) is 0 Å². The molecule has 1 unspecified atom stereocenters. The number of halogens is 3. The van der Waals surface area contributed by atoms with Gasteiger partial charge in [-0.15, -0.1) is 0 Å². The second-order valence-electron chi connectivity index (χ2n) is 3.35. The standard InChI is InChI=1S/C9H19F3N2O/c1-15-8(7-13)3-6-14-5-2-4-9(10,11)12/h8,14H,2-7,13H2,1H3. The molecule has 0 aliphatic heterocycles. The van der Waals surface area contributed by atoms with Crippen LogP contribution in [0.5, 0.6) is 0 Å². The van der Waals surface area contributed by atoms with Crippen molar-refractivity contribution in [1.29, 1.82) is 0 Å². The zero-order valence-electron chi connectivity index (χ0n) is 8.94. The Balaban J connectivity index is 3.25. The summed E-state index contributed by atoms with van der Waals surface area (Å²) in [6, 6.07) is 0. The van der Waals surface area contributed by atoms with Gasteiger partial charge in [-0.25, -0.2) is 0 Å². The van der Waals surface area contributed by atoms with Crippen LogP contribution in [0, 0.1) is 0 Å². The van der Waals surface area contributed by atoms with Crippen molar-refractivity contribution in [2.24, 2.45) is 5.73 Å². The summed E-state index contributed by atoms with van der Waals surface area (Å²) >= 11 is 0. The van der Waals surface area contributed by atoms with Crippen LogP contribution in [0.1, 0.15) is 19.3 Å². The quantitative estimate of drug-likeness (QED) is 0.615. The molecule has 0 aliphatic rings. The van der Waals surface area contributed by atoms with Crippen molar-refractivity contribution in [2.45, 2.75) is 31.5 Å². The highest BCUT2D eigenvalue weighted by Crippen LogP contribution is 2.20. The lowest BCUT2D eigenvalue weighted by atomic mass is 10.2. The molecule has 0 spiro atoms. The second kappa shape index (κ2) is 7.90. The summed E-state index contributed by atoms with van der Waals surface area (Å²) in [7, 11) is 1.57. The van der Waals surface area contributed by atoms with Crippen LogP contribution in [0.25, 0.3) is 0 Å². The van der Waals surface area contributed by atoms with Crippen LogP contribution in [0.3, 0.4) is 0 Å². The van der Waals surface area contributed by atoms with Gasteiger partial charge < -0.3 is 15.8 Å². The molecule has 3 nitrogen and oxygen atoms in total. The normalized spacial score (nSPS) is 14.2. The van der Waals surface area contributed by atoms with Gasteiger partial charge in [0.2, 0.25) is 0 Å². The number of alkyl halides is 3.